The highest BCUT2D eigenvalue weighted by molar-refractivity contribution is 7.99. The van der Waals surface area contributed by atoms with Crippen molar-refractivity contribution < 1.29 is 9.53 Å². The van der Waals surface area contributed by atoms with Crippen LogP contribution in [0.5, 0.6) is 0 Å². The SMILES string of the molecule is CCCc1cc2c(cc1Sc1ccc(C(=O)OCC)cc1)C(C)(C)CCC2(C)C. The molecule has 3 rings (SSSR count). The van der Waals surface area contributed by atoms with E-state index in [-0.39, 0.29) is 16.8 Å². The number of benzene rings is 2. The molecule has 0 aromatic heterocycles. The average molecular weight is 411 g/mol. The lowest BCUT2D eigenvalue weighted by molar-refractivity contribution is 0.0526. The van der Waals surface area contributed by atoms with E-state index in [4.69, 9.17) is 4.74 Å². The van der Waals surface area contributed by atoms with Gasteiger partial charge in [-0.2, -0.15) is 0 Å². The van der Waals surface area contributed by atoms with Crippen molar-refractivity contribution >= 4 is 17.7 Å². The van der Waals surface area contributed by atoms with Crippen LogP contribution in [0.2, 0.25) is 0 Å². The first-order valence-corrected chi connectivity index (χ1v) is 11.6. The first-order chi connectivity index (χ1) is 13.7. The Balaban J connectivity index is 1.97. The minimum atomic E-state index is -0.256. The molecule has 0 bridgehead atoms. The molecule has 0 unspecified atom stereocenters. The number of carbonyl (C=O) groups is 1. The van der Waals surface area contributed by atoms with Crippen molar-refractivity contribution in [3.05, 3.63) is 58.7 Å². The topological polar surface area (TPSA) is 26.3 Å². The number of rotatable bonds is 6. The van der Waals surface area contributed by atoms with Gasteiger partial charge in [0, 0.05) is 9.79 Å². The largest absolute Gasteiger partial charge is 0.462 e. The van der Waals surface area contributed by atoms with E-state index in [0.717, 1.165) is 17.7 Å². The summed E-state index contributed by atoms with van der Waals surface area (Å²) in [7, 11) is 0. The Kier molecular flexibility index (Phi) is 6.48. The Morgan fingerprint density at radius 1 is 0.966 bits per heavy atom. The number of ether oxygens (including phenoxy) is 1. The van der Waals surface area contributed by atoms with Gasteiger partial charge in [0.2, 0.25) is 0 Å². The maximum Gasteiger partial charge on any atom is 0.338 e. The molecule has 0 N–H and O–H groups in total. The third-order valence-electron chi connectivity index (χ3n) is 6.15. The summed E-state index contributed by atoms with van der Waals surface area (Å²) in [5.41, 5.74) is 5.52. The maximum atomic E-state index is 11.9. The molecule has 156 valence electrons. The van der Waals surface area contributed by atoms with Crippen molar-refractivity contribution in [2.75, 3.05) is 6.61 Å². The molecule has 0 aliphatic heterocycles. The van der Waals surface area contributed by atoms with Crippen LogP contribution in [0, 0.1) is 0 Å². The van der Waals surface area contributed by atoms with Gasteiger partial charge >= 0.3 is 5.97 Å². The summed E-state index contributed by atoms with van der Waals surface area (Å²) in [5.74, 6) is -0.256. The van der Waals surface area contributed by atoms with Gasteiger partial charge in [0.05, 0.1) is 12.2 Å². The molecule has 3 heteroatoms. The van der Waals surface area contributed by atoms with Crippen LogP contribution in [0.4, 0.5) is 0 Å². The van der Waals surface area contributed by atoms with E-state index in [0.29, 0.717) is 12.2 Å². The van der Waals surface area contributed by atoms with Gasteiger partial charge in [-0.1, -0.05) is 58.9 Å². The number of fused-ring (bicyclic) bond motifs is 1. The van der Waals surface area contributed by atoms with Crippen LogP contribution in [0.25, 0.3) is 0 Å². The fraction of sp³-hybridized carbons (Fsp3) is 0.500. The maximum absolute atomic E-state index is 11.9. The van der Waals surface area contributed by atoms with Crippen molar-refractivity contribution in [3.8, 4) is 0 Å². The fourth-order valence-electron chi connectivity index (χ4n) is 4.20. The summed E-state index contributed by atoms with van der Waals surface area (Å²) in [6, 6.07) is 12.7. The number of hydrogen-bond acceptors (Lipinski definition) is 3. The molecule has 0 saturated heterocycles. The summed E-state index contributed by atoms with van der Waals surface area (Å²) < 4.78 is 5.10. The highest BCUT2D eigenvalue weighted by Gasteiger charge is 2.37. The molecule has 0 saturated carbocycles. The molecule has 29 heavy (non-hydrogen) atoms. The molecule has 2 aromatic carbocycles. The molecule has 1 aliphatic carbocycles. The van der Waals surface area contributed by atoms with E-state index in [9.17, 15) is 4.79 Å². The van der Waals surface area contributed by atoms with Gasteiger partial charge in [-0.25, -0.2) is 4.79 Å². The zero-order valence-corrected chi connectivity index (χ0v) is 19.5. The molecular formula is C26H34O2S. The fourth-order valence-corrected chi connectivity index (χ4v) is 5.19. The third-order valence-corrected chi connectivity index (χ3v) is 7.25. The first-order valence-electron chi connectivity index (χ1n) is 10.8. The van der Waals surface area contributed by atoms with E-state index in [1.54, 1.807) is 0 Å². The monoisotopic (exact) mass is 410 g/mol. The smallest absolute Gasteiger partial charge is 0.338 e. The molecule has 0 radical (unpaired) electrons. The second kappa shape index (κ2) is 8.55. The molecule has 0 fully saturated rings. The average Bonchev–Trinajstić information content (AvgIpc) is 2.67. The van der Waals surface area contributed by atoms with Gasteiger partial charge < -0.3 is 4.74 Å². The van der Waals surface area contributed by atoms with Crippen molar-refractivity contribution in [1.29, 1.82) is 0 Å². The van der Waals surface area contributed by atoms with Crippen LogP contribution >= 0.6 is 11.8 Å². The van der Waals surface area contributed by atoms with Gasteiger partial charge in [-0.05, 0) is 84.0 Å². The van der Waals surface area contributed by atoms with Crippen LogP contribution in [0.1, 0.15) is 87.9 Å². The number of hydrogen-bond donors (Lipinski definition) is 0. The van der Waals surface area contributed by atoms with Crippen molar-refractivity contribution in [2.24, 2.45) is 0 Å². The van der Waals surface area contributed by atoms with Crippen molar-refractivity contribution in [3.63, 3.8) is 0 Å². The Morgan fingerprint density at radius 2 is 1.55 bits per heavy atom. The number of carbonyl (C=O) groups excluding carboxylic acids is 1. The standard InChI is InChI=1S/C26H34O2S/c1-7-9-19-16-21-22(26(5,6)15-14-25(21,3)4)17-23(19)29-20-12-10-18(11-13-20)24(27)28-8-2/h10-13,16-17H,7-9,14-15H2,1-6H3. The predicted molar refractivity (Wildman–Crippen MR) is 122 cm³/mol. The number of aryl methyl sites for hydroxylation is 1. The Labute approximate surface area is 180 Å². The van der Waals surface area contributed by atoms with E-state index in [2.05, 4.69) is 46.8 Å². The normalized spacial score (nSPS) is 16.9. The van der Waals surface area contributed by atoms with Gasteiger partial charge in [0.25, 0.3) is 0 Å². The molecule has 2 aromatic rings. The highest BCUT2D eigenvalue weighted by Crippen LogP contribution is 2.48. The molecule has 1 aliphatic rings. The Bertz CT molecular complexity index is 878. The molecular weight excluding hydrogens is 376 g/mol. The quantitative estimate of drug-likeness (QED) is 0.467. The van der Waals surface area contributed by atoms with Crippen LogP contribution in [0.15, 0.2) is 46.2 Å². The van der Waals surface area contributed by atoms with Gasteiger partial charge in [0.1, 0.15) is 0 Å². The van der Waals surface area contributed by atoms with Gasteiger partial charge in [0.15, 0.2) is 0 Å². The summed E-state index contributed by atoms with van der Waals surface area (Å²) >= 11 is 1.81. The molecule has 0 atom stereocenters. The Morgan fingerprint density at radius 3 is 2.10 bits per heavy atom. The van der Waals surface area contributed by atoms with E-state index in [1.165, 1.54) is 34.4 Å². The summed E-state index contributed by atoms with van der Waals surface area (Å²) in [5, 5.41) is 0. The van der Waals surface area contributed by atoms with Crippen LogP contribution < -0.4 is 0 Å². The second-order valence-electron chi connectivity index (χ2n) is 9.37. The predicted octanol–water partition coefficient (Wildman–Crippen LogP) is 7.32. The van der Waals surface area contributed by atoms with Crippen molar-refractivity contribution in [1.82, 2.24) is 0 Å². The molecule has 0 spiro atoms. The second-order valence-corrected chi connectivity index (χ2v) is 10.5. The lowest BCUT2D eigenvalue weighted by atomic mass is 9.63. The van der Waals surface area contributed by atoms with Crippen molar-refractivity contribution in [2.45, 2.75) is 87.8 Å². The molecule has 2 nitrogen and oxygen atoms in total. The first kappa shape index (κ1) is 22.0. The van der Waals surface area contributed by atoms with Crippen LogP contribution in [-0.4, -0.2) is 12.6 Å². The van der Waals surface area contributed by atoms with Gasteiger partial charge in [-0.15, -0.1) is 0 Å². The van der Waals surface area contributed by atoms with Crippen LogP contribution in [0.3, 0.4) is 0 Å². The zero-order valence-electron chi connectivity index (χ0n) is 18.7. The summed E-state index contributed by atoms with van der Waals surface area (Å²) in [4.78, 5) is 14.4. The third kappa shape index (κ3) is 4.71. The summed E-state index contributed by atoms with van der Waals surface area (Å²) in [6.45, 7) is 14.0. The highest BCUT2D eigenvalue weighted by atomic mass is 32.2. The lowest BCUT2D eigenvalue weighted by Gasteiger charge is -2.42. The van der Waals surface area contributed by atoms with Crippen LogP contribution in [-0.2, 0) is 22.0 Å². The Hall–Kier alpha value is -1.74. The van der Waals surface area contributed by atoms with E-state index < -0.39 is 0 Å². The minimum absolute atomic E-state index is 0.207. The summed E-state index contributed by atoms with van der Waals surface area (Å²) in [6.07, 6.45) is 4.68. The molecule has 0 heterocycles. The minimum Gasteiger partial charge on any atom is -0.462 e. The van der Waals surface area contributed by atoms with Gasteiger partial charge in [-0.3, -0.25) is 0 Å². The van der Waals surface area contributed by atoms with E-state index >= 15 is 0 Å². The number of esters is 1. The zero-order chi connectivity index (χ0) is 21.2. The molecule has 0 amide bonds. The lowest BCUT2D eigenvalue weighted by Crippen LogP contribution is -2.34. The van der Waals surface area contributed by atoms with E-state index in [1.807, 2.05) is 43.0 Å².